The van der Waals surface area contributed by atoms with Crippen molar-refractivity contribution in [3.05, 3.63) is 52.3 Å². The molecular weight excluding hydrogens is 505 g/mol. The number of alkyl halides is 3. The summed E-state index contributed by atoms with van der Waals surface area (Å²) in [6.45, 7) is 1.08. The van der Waals surface area contributed by atoms with Gasteiger partial charge in [-0.2, -0.15) is 13.2 Å². The number of carbonyl (C=O) groups excluding carboxylic acids is 1. The second-order valence-corrected chi connectivity index (χ2v) is 8.97. The predicted octanol–water partition coefficient (Wildman–Crippen LogP) is 3.83. The van der Waals surface area contributed by atoms with Gasteiger partial charge in [0.1, 0.15) is 23.7 Å². The summed E-state index contributed by atoms with van der Waals surface area (Å²) in [5.74, 6) is -0.697. The molecule has 0 aliphatic rings. The first-order valence-electron chi connectivity index (χ1n) is 8.68. The van der Waals surface area contributed by atoms with Crippen LogP contribution in [0, 0.1) is 0 Å². The zero-order valence-electron chi connectivity index (χ0n) is 16.4. The summed E-state index contributed by atoms with van der Waals surface area (Å²) in [5.41, 5.74) is 3.74. The third kappa shape index (κ3) is 6.44. The van der Waals surface area contributed by atoms with Crippen molar-refractivity contribution in [3.63, 3.8) is 0 Å². The number of carbonyl (C=O) groups is 1. The highest BCUT2D eigenvalue weighted by molar-refractivity contribution is 9.12. The van der Waals surface area contributed by atoms with Gasteiger partial charge in [0.25, 0.3) is 0 Å². The molecule has 7 nitrogen and oxygen atoms in total. The van der Waals surface area contributed by atoms with Crippen LogP contribution < -0.4 is 5.73 Å². The number of benzene rings is 1. The molecule has 168 valence electrons. The van der Waals surface area contributed by atoms with Gasteiger partial charge in [-0.15, -0.1) is 0 Å². The van der Waals surface area contributed by atoms with E-state index in [2.05, 4.69) is 20.9 Å². The van der Waals surface area contributed by atoms with Crippen LogP contribution in [-0.2, 0) is 19.4 Å². The molecule has 2 N–H and O–H groups in total. The highest BCUT2D eigenvalue weighted by Crippen LogP contribution is 2.31. The molecule has 2 aromatic rings. The average molecular weight is 523 g/mol. The van der Waals surface area contributed by atoms with E-state index >= 15 is 0 Å². The van der Waals surface area contributed by atoms with Crippen LogP contribution >= 0.6 is 15.9 Å². The summed E-state index contributed by atoms with van der Waals surface area (Å²) in [6.07, 6.45) is -3.82. The van der Waals surface area contributed by atoms with Crippen LogP contribution in [0.3, 0.4) is 0 Å². The Morgan fingerprint density at radius 2 is 1.94 bits per heavy atom. The molecule has 1 aromatic heterocycles. The Morgan fingerprint density at radius 1 is 1.26 bits per heavy atom. The number of sulfone groups is 1. The van der Waals surface area contributed by atoms with Crippen LogP contribution in [0.15, 0.2) is 60.9 Å². The van der Waals surface area contributed by atoms with Crippen molar-refractivity contribution in [1.29, 1.82) is 0 Å². The lowest BCUT2D eigenvalue weighted by molar-refractivity contribution is -0.141. The Hall–Kier alpha value is -2.60. The van der Waals surface area contributed by atoms with Gasteiger partial charge >= 0.3 is 12.1 Å². The normalized spacial score (nSPS) is 13.7. The molecule has 0 aliphatic carbocycles. The number of nitrogens with zero attached hydrogens (tertiary/aromatic N) is 1. The van der Waals surface area contributed by atoms with Gasteiger partial charge in [-0.05, 0) is 47.1 Å². The molecule has 31 heavy (non-hydrogen) atoms. The number of rotatable bonds is 7. The molecule has 0 spiro atoms. The summed E-state index contributed by atoms with van der Waals surface area (Å²) >= 11 is 2.79. The number of esters is 1. The molecule has 0 radical (unpaired) electrons. The number of ether oxygens (including phenoxy) is 1. The van der Waals surface area contributed by atoms with Crippen LogP contribution in [0.5, 0.6) is 0 Å². The van der Waals surface area contributed by atoms with Crippen molar-refractivity contribution < 1.29 is 35.5 Å². The lowest BCUT2D eigenvalue weighted by Crippen LogP contribution is -2.23. The van der Waals surface area contributed by atoms with Crippen LogP contribution in [0.2, 0.25) is 0 Å². The summed E-state index contributed by atoms with van der Waals surface area (Å²) in [7, 11) is -3.48. The fraction of sp³-hybridized carbons (Fsp3) is 0.263. The summed E-state index contributed by atoms with van der Waals surface area (Å²) < 4.78 is 72.5. The van der Waals surface area contributed by atoms with E-state index in [4.69, 9.17) is 14.9 Å². The molecule has 0 atom stereocenters. The molecule has 0 saturated carbocycles. The van der Waals surface area contributed by atoms with E-state index < -0.39 is 38.7 Å². The largest absolute Gasteiger partial charge is 0.465 e. The Morgan fingerprint density at radius 3 is 2.52 bits per heavy atom. The van der Waals surface area contributed by atoms with Crippen molar-refractivity contribution in [2.75, 3.05) is 19.4 Å². The van der Waals surface area contributed by atoms with Crippen molar-refractivity contribution in [3.8, 4) is 11.3 Å². The van der Waals surface area contributed by atoms with Gasteiger partial charge in [0.05, 0.1) is 16.0 Å². The van der Waals surface area contributed by atoms with Crippen LogP contribution in [0.25, 0.3) is 11.3 Å². The second-order valence-electron chi connectivity index (χ2n) is 6.16. The van der Waals surface area contributed by atoms with Gasteiger partial charge < -0.3 is 14.9 Å². The van der Waals surface area contributed by atoms with Crippen molar-refractivity contribution in [2.45, 2.75) is 18.0 Å². The van der Waals surface area contributed by atoms with E-state index in [9.17, 15) is 26.4 Å². The molecule has 0 unspecified atom stereocenters. The maximum Gasteiger partial charge on any atom is 0.431 e. The van der Waals surface area contributed by atoms with Crippen molar-refractivity contribution in [2.24, 2.45) is 10.7 Å². The standard InChI is InChI=1S/C19H18BrF3N2O5S/c1-3-29-15(26)10-25-17(16(20)18(24)19(21,22)23)14-8-7-13(30-14)11-5-4-6-12(9-11)31(2,27)28/h4-9H,3,10,24H2,1-2H3/b18-16+,25-17?. The number of hydrogen-bond donors (Lipinski definition) is 1. The van der Waals surface area contributed by atoms with Crippen LogP contribution in [-0.4, -0.2) is 45.7 Å². The highest BCUT2D eigenvalue weighted by atomic mass is 79.9. The average Bonchev–Trinajstić information content (AvgIpc) is 3.16. The molecule has 1 aromatic carbocycles. The van der Waals surface area contributed by atoms with E-state index in [0.717, 1.165) is 6.26 Å². The number of hydrogen-bond acceptors (Lipinski definition) is 7. The Balaban J connectivity index is 2.53. The SMILES string of the molecule is CCOC(=O)CN=C(/C(Br)=C(\N)C(F)(F)F)c1ccc(-c2cccc(S(C)(=O)=O)c2)o1. The molecule has 0 aliphatic heterocycles. The molecule has 0 amide bonds. The third-order valence-electron chi connectivity index (χ3n) is 3.81. The van der Waals surface area contributed by atoms with Crippen molar-refractivity contribution in [1.82, 2.24) is 0 Å². The van der Waals surface area contributed by atoms with Crippen LogP contribution in [0.1, 0.15) is 12.7 Å². The first kappa shape index (κ1) is 24.7. The fourth-order valence-corrected chi connectivity index (χ4v) is 3.57. The number of nitrogens with two attached hydrogens (primary N) is 1. The zero-order valence-corrected chi connectivity index (χ0v) is 18.8. The fourth-order valence-electron chi connectivity index (χ4n) is 2.36. The molecule has 2 rings (SSSR count). The molecule has 12 heteroatoms. The molecule has 0 saturated heterocycles. The van der Waals surface area contributed by atoms with Gasteiger partial charge in [-0.1, -0.05) is 12.1 Å². The van der Waals surface area contributed by atoms with E-state index in [1.807, 2.05) is 0 Å². The minimum atomic E-state index is -4.86. The number of allylic oxidation sites excluding steroid dienone is 2. The third-order valence-corrected chi connectivity index (χ3v) is 5.72. The Bertz CT molecular complexity index is 1140. The Labute approximate surface area is 184 Å². The monoisotopic (exact) mass is 522 g/mol. The second kappa shape index (κ2) is 9.69. The molecular formula is C19H18BrF3N2O5S. The minimum absolute atomic E-state index is 0.0431. The quantitative estimate of drug-likeness (QED) is 0.436. The molecule has 0 fully saturated rings. The van der Waals surface area contributed by atoms with E-state index in [1.54, 1.807) is 13.0 Å². The van der Waals surface area contributed by atoms with E-state index in [-0.39, 0.29) is 28.7 Å². The van der Waals surface area contributed by atoms with Gasteiger partial charge in [0, 0.05) is 11.8 Å². The zero-order chi connectivity index (χ0) is 23.4. The summed E-state index contributed by atoms with van der Waals surface area (Å²) in [4.78, 5) is 15.5. The van der Waals surface area contributed by atoms with E-state index in [0.29, 0.717) is 5.56 Å². The first-order chi connectivity index (χ1) is 14.3. The van der Waals surface area contributed by atoms with E-state index in [1.165, 1.54) is 30.3 Å². The van der Waals surface area contributed by atoms with Gasteiger partial charge in [0.15, 0.2) is 15.6 Å². The summed E-state index contributed by atoms with van der Waals surface area (Å²) in [6, 6.07) is 8.60. The van der Waals surface area contributed by atoms with Gasteiger partial charge in [-0.3, -0.25) is 9.79 Å². The number of furan rings is 1. The number of aliphatic imine (C=N–C) groups is 1. The summed E-state index contributed by atoms with van der Waals surface area (Å²) in [5, 5.41) is 0. The van der Waals surface area contributed by atoms with Crippen LogP contribution in [0.4, 0.5) is 13.2 Å². The maximum atomic E-state index is 13.1. The lowest BCUT2D eigenvalue weighted by atomic mass is 10.2. The first-order valence-corrected chi connectivity index (χ1v) is 11.4. The molecule has 0 bridgehead atoms. The van der Waals surface area contributed by atoms with Gasteiger partial charge in [0.2, 0.25) is 0 Å². The lowest BCUT2D eigenvalue weighted by Gasteiger charge is -2.11. The van der Waals surface area contributed by atoms with Gasteiger partial charge in [-0.25, -0.2) is 8.42 Å². The van der Waals surface area contributed by atoms with Crippen molar-refractivity contribution >= 4 is 37.4 Å². The smallest absolute Gasteiger partial charge is 0.431 e. The topological polar surface area (TPSA) is 112 Å². The maximum absolute atomic E-state index is 13.1. The molecule has 1 heterocycles. The Kier molecular flexibility index (Phi) is 7.71. The minimum Gasteiger partial charge on any atom is -0.465 e. The highest BCUT2D eigenvalue weighted by Gasteiger charge is 2.35. The number of halogens is 4. The predicted molar refractivity (Wildman–Crippen MR) is 111 cm³/mol.